The summed E-state index contributed by atoms with van der Waals surface area (Å²) in [6.45, 7) is 6.49. The van der Waals surface area contributed by atoms with Crippen LogP contribution in [0.3, 0.4) is 0 Å². The number of anilines is 2. The van der Waals surface area contributed by atoms with Crippen LogP contribution in [0.5, 0.6) is 5.75 Å². The van der Waals surface area contributed by atoms with Gasteiger partial charge in [0.25, 0.3) is 5.91 Å². The maximum Gasteiger partial charge on any atom is 0.259 e. The summed E-state index contributed by atoms with van der Waals surface area (Å²) < 4.78 is 11.1. The van der Waals surface area contributed by atoms with Crippen molar-refractivity contribution in [2.45, 2.75) is 38.9 Å². The van der Waals surface area contributed by atoms with Gasteiger partial charge in [-0.1, -0.05) is 0 Å². The Morgan fingerprint density at radius 2 is 1.96 bits per heavy atom. The van der Waals surface area contributed by atoms with Crippen molar-refractivity contribution in [2.75, 3.05) is 36.5 Å². The zero-order chi connectivity index (χ0) is 19.7. The van der Waals surface area contributed by atoms with Crippen molar-refractivity contribution in [3.63, 3.8) is 0 Å². The molecule has 0 spiro atoms. The summed E-state index contributed by atoms with van der Waals surface area (Å²) >= 11 is 0. The molecule has 2 aliphatic heterocycles. The molecule has 2 aliphatic rings. The first-order valence-electron chi connectivity index (χ1n) is 9.90. The van der Waals surface area contributed by atoms with Crippen molar-refractivity contribution in [3.8, 4) is 5.75 Å². The molecular weight excluding hydrogens is 354 g/mol. The molecule has 6 nitrogen and oxygen atoms in total. The van der Waals surface area contributed by atoms with Crippen molar-refractivity contribution < 1.29 is 14.3 Å². The highest BCUT2D eigenvalue weighted by atomic mass is 16.5. The molecule has 0 radical (unpaired) electrons. The summed E-state index contributed by atoms with van der Waals surface area (Å²) in [5.41, 5.74) is 2.73. The first-order chi connectivity index (χ1) is 13.5. The van der Waals surface area contributed by atoms with Gasteiger partial charge in [0.1, 0.15) is 11.6 Å². The first kappa shape index (κ1) is 18.7. The number of carbonyl (C=O) groups is 1. The van der Waals surface area contributed by atoms with E-state index in [-0.39, 0.29) is 18.1 Å². The minimum atomic E-state index is -0.00567. The highest BCUT2D eigenvalue weighted by Crippen LogP contribution is 2.31. The van der Waals surface area contributed by atoms with Crippen molar-refractivity contribution >= 4 is 17.4 Å². The molecule has 0 saturated carbocycles. The number of aromatic nitrogens is 1. The zero-order valence-electron chi connectivity index (χ0n) is 16.7. The predicted octanol–water partition coefficient (Wildman–Crippen LogP) is 3.30. The third kappa shape index (κ3) is 3.69. The molecule has 0 aliphatic carbocycles. The van der Waals surface area contributed by atoms with Gasteiger partial charge in [-0.2, -0.15) is 0 Å². The lowest BCUT2D eigenvalue weighted by Crippen LogP contribution is -2.45. The van der Waals surface area contributed by atoms with E-state index in [0.29, 0.717) is 5.56 Å². The van der Waals surface area contributed by atoms with Crippen LogP contribution in [0.4, 0.5) is 11.5 Å². The van der Waals surface area contributed by atoms with Crippen LogP contribution in [0.2, 0.25) is 0 Å². The van der Waals surface area contributed by atoms with Crippen LogP contribution < -0.4 is 14.5 Å². The molecule has 28 heavy (non-hydrogen) atoms. The van der Waals surface area contributed by atoms with Crippen LogP contribution in [0.1, 0.15) is 36.2 Å². The Bertz CT molecular complexity index is 843. The smallest absolute Gasteiger partial charge is 0.259 e. The van der Waals surface area contributed by atoms with Gasteiger partial charge in [0.15, 0.2) is 0 Å². The quantitative estimate of drug-likeness (QED) is 0.817. The standard InChI is InChI=1S/C22H27N3O3/c1-15-13-24(14-16(2)28-15)21-9-6-18(12-23-21)22(26)25-10-4-5-17-11-19(27-3)7-8-20(17)25/h6-9,11-12,15-16H,4-5,10,13-14H2,1-3H3. The maximum atomic E-state index is 13.1. The molecule has 2 aromatic rings. The lowest BCUT2D eigenvalue weighted by Gasteiger charge is -2.36. The Balaban J connectivity index is 1.53. The van der Waals surface area contributed by atoms with Crippen LogP contribution in [0.15, 0.2) is 36.5 Å². The normalized spacial score (nSPS) is 22.0. The fraction of sp³-hybridized carbons (Fsp3) is 0.455. The summed E-state index contributed by atoms with van der Waals surface area (Å²) in [5.74, 6) is 1.71. The van der Waals surface area contributed by atoms with Gasteiger partial charge in [-0.05, 0) is 62.6 Å². The highest BCUT2D eigenvalue weighted by molar-refractivity contribution is 6.06. The van der Waals surface area contributed by atoms with E-state index in [1.54, 1.807) is 13.3 Å². The fourth-order valence-electron chi connectivity index (χ4n) is 4.13. The lowest BCUT2D eigenvalue weighted by atomic mass is 10.0. The van der Waals surface area contributed by atoms with E-state index in [2.05, 4.69) is 23.7 Å². The second-order valence-corrected chi connectivity index (χ2v) is 7.62. The average Bonchev–Trinajstić information content (AvgIpc) is 2.71. The Hall–Kier alpha value is -2.60. The summed E-state index contributed by atoms with van der Waals surface area (Å²) in [7, 11) is 1.66. The van der Waals surface area contributed by atoms with E-state index in [9.17, 15) is 4.79 Å². The van der Waals surface area contributed by atoms with E-state index >= 15 is 0 Å². The number of amides is 1. The monoisotopic (exact) mass is 381 g/mol. The van der Waals surface area contributed by atoms with Gasteiger partial charge in [0.05, 0.1) is 24.9 Å². The largest absolute Gasteiger partial charge is 0.497 e. The Labute approximate surface area is 166 Å². The number of rotatable bonds is 3. The van der Waals surface area contributed by atoms with Crippen LogP contribution in [-0.4, -0.2) is 49.8 Å². The molecule has 2 atom stereocenters. The topological polar surface area (TPSA) is 54.9 Å². The molecule has 1 saturated heterocycles. The Morgan fingerprint density at radius 1 is 1.18 bits per heavy atom. The predicted molar refractivity (Wildman–Crippen MR) is 109 cm³/mol. The van der Waals surface area contributed by atoms with Gasteiger partial charge in [0.2, 0.25) is 0 Å². The summed E-state index contributed by atoms with van der Waals surface area (Å²) in [6, 6.07) is 9.73. The van der Waals surface area contributed by atoms with Crippen molar-refractivity contribution in [3.05, 3.63) is 47.7 Å². The second kappa shape index (κ2) is 7.80. The number of carbonyl (C=O) groups excluding carboxylic acids is 1. The van der Waals surface area contributed by atoms with E-state index < -0.39 is 0 Å². The number of aryl methyl sites for hydroxylation is 1. The number of hydrogen-bond donors (Lipinski definition) is 0. The second-order valence-electron chi connectivity index (χ2n) is 7.62. The SMILES string of the molecule is COc1ccc2c(c1)CCCN2C(=O)c1ccc(N2CC(C)OC(C)C2)nc1. The maximum absolute atomic E-state index is 13.1. The highest BCUT2D eigenvalue weighted by Gasteiger charge is 2.26. The third-order valence-corrected chi connectivity index (χ3v) is 5.39. The molecule has 0 N–H and O–H groups in total. The number of pyridine rings is 1. The van der Waals surface area contributed by atoms with E-state index in [4.69, 9.17) is 9.47 Å². The van der Waals surface area contributed by atoms with Gasteiger partial charge in [-0.15, -0.1) is 0 Å². The van der Waals surface area contributed by atoms with Crippen LogP contribution >= 0.6 is 0 Å². The Morgan fingerprint density at radius 3 is 2.64 bits per heavy atom. The number of benzene rings is 1. The number of fused-ring (bicyclic) bond motifs is 1. The number of hydrogen-bond acceptors (Lipinski definition) is 5. The number of ether oxygens (including phenoxy) is 2. The molecule has 4 rings (SSSR count). The van der Waals surface area contributed by atoms with Gasteiger partial charge in [0, 0.05) is 31.5 Å². The van der Waals surface area contributed by atoms with Crippen molar-refractivity contribution in [2.24, 2.45) is 0 Å². The van der Waals surface area contributed by atoms with E-state index in [0.717, 1.165) is 55.3 Å². The lowest BCUT2D eigenvalue weighted by molar-refractivity contribution is -0.00546. The summed E-state index contributed by atoms with van der Waals surface area (Å²) in [5, 5.41) is 0. The molecule has 1 aromatic heterocycles. The molecule has 6 heteroatoms. The molecule has 0 bridgehead atoms. The fourth-order valence-corrected chi connectivity index (χ4v) is 4.13. The van der Waals surface area contributed by atoms with Gasteiger partial charge in [-0.25, -0.2) is 4.98 Å². The summed E-state index contributed by atoms with van der Waals surface area (Å²) in [4.78, 5) is 21.8. The van der Waals surface area contributed by atoms with E-state index in [1.165, 1.54) is 0 Å². The minimum Gasteiger partial charge on any atom is -0.497 e. The van der Waals surface area contributed by atoms with Gasteiger partial charge in [-0.3, -0.25) is 4.79 Å². The molecule has 148 valence electrons. The average molecular weight is 381 g/mol. The van der Waals surface area contributed by atoms with Crippen LogP contribution in [0.25, 0.3) is 0 Å². The molecule has 2 unspecified atom stereocenters. The minimum absolute atomic E-state index is 0.00567. The zero-order valence-corrected chi connectivity index (χ0v) is 16.7. The van der Waals surface area contributed by atoms with Crippen molar-refractivity contribution in [1.82, 2.24) is 4.98 Å². The van der Waals surface area contributed by atoms with Gasteiger partial charge >= 0.3 is 0 Å². The number of morpholine rings is 1. The Kier molecular flexibility index (Phi) is 5.22. The third-order valence-electron chi connectivity index (χ3n) is 5.39. The van der Waals surface area contributed by atoms with Gasteiger partial charge < -0.3 is 19.3 Å². The van der Waals surface area contributed by atoms with Crippen molar-refractivity contribution in [1.29, 1.82) is 0 Å². The van der Waals surface area contributed by atoms with Crippen LogP contribution in [0, 0.1) is 0 Å². The molecular formula is C22H27N3O3. The molecule has 3 heterocycles. The van der Waals surface area contributed by atoms with E-state index in [1.807, 2.05) is 35.2 Å². The summed E-state index contributed by atoms with van der Waals surface area (Å²) in [6.07, 6.45) is 3.95. The first-order valence-corrected chi connectivity index (χ1v) is 9.90. The van der Waals surface area contributed by atoms with Crippen LogP contribution in [-0.2, 0) is 11.2 Å². The number of methoxy groups -OCH3 is 1. The molecule has 1 amide bonds. The molecule has 1 aromatic carbocycles. The molecule has 1 fully saturated rings. The number of nitrogens with zero attached hydrogens (tertiary/aromatic N) is 3.